The van der Waals surface area contributed by atoms with Gasteiger partial charge in [0.1, 0.15) is 0 Å². The zero-order valence-corrected chi connectivity index (χ0v) is 16.4. The van der Waals surface area contributed by atoms with Crippen molar-refractivity contribution in [2.45, 2.75) is 19.0 Å². The lowest BCUT2D eigenvalue weighted by Gasteiger charge is -2.08. The first-order valence-corrected chi connectivity index (χ1v) is 9.45. The number of halogens is 1. The van der Waals surface area contributed by atoms with E-state index in [0.717, 1.165) is 16.8 Å². The van der Waals surface area contributed by atoms with Gasteiger partial charge in [-0.3, -0.25) is 4.79 Å². The van der Waals surface area contributed by atoms with Gasteiger partial charge in [0.2, 0.25) is 5.91 Å². The van der Waals surface area contributed by atoms with Crippen LogP contribution in [0.4, 0.5) is 5.69 Å². The maximum atomic E-state index is 12.2. The summed E-state index contributed by atoms with van der Waals surface area (Å²) in [4.78, 5) is 12.2. The van der Waals surface area contributed by atoms with Crippen molar-refractivity contribution in [3.63, 3.8) is 0 Å². The average Bonchev–Trinajstić information content (AvgIpc) is 2.97. The van der Waals surface area contributed by atoms with Crippen LogP contribution in [0.2, 0.25) is 5.02 Å². The Labute approximate surface area is 161 Å². The number of rotatable bonds is 5. The summed E-state index contributed by atoms with van der Waals surface area (Å²) in [6, 6.07) is 13.3. The lowest BCUT2D eigenvalue weighted by Crippen LogP contribution is -2.14. The molecule has 0 saturated carbocycles. The first kappa shape index (κ1) is 18.5. The number of aromatic nitrogens is 3. The maximum absolute atomic E-state index is 12.2. The van der Waals surface area contributed by atoms with Gasteiger partial charge in [-0.25, -0.2) is 0 Å². The number of thioether (sulfide) groups is 1. The van der Waals surface area contributed by atoms with Gasteiger partial charge in [0, 0.05) is 23.3 Å². The Kier molecular flexibility index (Phi) is 5.64. The maximum Gasteiger partial charge on any atom is 0.234 e. The zero-order chi connectivity index (χ0) is 18.7. The molecule has 0 radical (unpaired) electrons. The van der Waals surface area contributed by atoms with Crippen molar-refractivity contribution < 1.29 is 4.79 Å². The Morgan fingerprint density at radius 1 is 1.15 bits per heavy atom. The minimum absolute atomic E-state index is 0.0782. The molecule has 0 aliphatic carbocycles. The summed E-state index contributed by atoms with van der Waals surface area (Å²) in [7, 11) is 1.87. The van der Waals surface area contributed by atoms with Gasteiger partial charge in [-0.2, -0.15) is 0 Å². The second kappa shape index (κ2) is 7.93. The highest BCUT2D eigenvalue weighted by Crippen LogP contribution is 2.24. The van der Waals surface area contributed by atoms with Gasteiger partial charge in [-0.15, -0.1) is 10.2 Å². The molecule has 0 aliphatic rings. The van der Waals surface area contributed by atoms with Crippen LogP contribution < -0.4 is 5.32 Å². The predicted octanol–water partition coefficient (Wildman–Crippen LogP) is 4.48. The molecule has 3 rings (SSSR count). The summed E-state index contributed by atoms with van der Waals surface area (Å²) in [5.74, 6) is 0.893. The van der Waals surface area contributed by atoms with Crippen LogP contribution >= 0.6 is 23.4 Å². The Morgan fingerprint density at radius 2 is 1.96 bits per heavy atom. The summed E-state index contributed by atoms with van der Waals surface area (Å²) < 4.78 is 1.86. The lowest BCUT2D eigenvalue weighted by molar-refractivity contribution is -0.113. The van der Waals surface area contributed by atoms with E-state index in [0.29, 0.717) is 16.0 Å². The van der Waals surface area contributed by atoms with Gasteiger partial charge in [-0.05, 0) is 49.2 Å². The van der Waals surface area contributed by atoms with Gasteiger partial charge in [0.25, 0.3) is 0 Å². The standard InChI is InChI=1S/C19H19ClN4OS/c1-12-7-8-16(9-13(12)2)21-17(25)11-26-19-23-22-18(24(19)3)14-5-4-6-15(20)10-14/h4-10H,11H2,1-3H3,(H,21,25). The largest absolute Gasteiger partial charge is 0.325 e. The molecule has 1 aromatic heterocycles. The lowest BCUT2D eigenvalue weighted by atomic mass is 10.1. The number of hydrogen-bond acceptors (Lipinski definition) is 4. The molecule has 0 fully saturated rings. The van der Waals surface area contributed by atoms with E-state index in [1.807, 2.05) is 67.9 Å². The molecular weight excluding hydrogens is 368 g/mol. The molecule has 0 aliphatic heterocycles. The highest BCUT2D eigenvalue weighted by atomic mass is 35.5. The number of anilines is 1. The van der Waals surface area contributed by atoms with Crippen molar-refractivity contribution in [1.82, 2.24) is 14.8 Å². The minimum Gasteiger partial charge on any atom is -0.325 e. The van der Waals surface area contributed by atoms with Crippen LogP contribution in [-0.2, 0) is 11.8 Å². The fraction of sp³-hybridized carbons (Fsp3) is 0.211. The number of benzene rings is 2. The first-order valence-electron chi connectivity index (χ1n) is 8.09. The van der Waals surface area contributed by atoms with Gasteiger partial charge in [-0.1, -0.05) is 41.6 Å². The third-order valence-corrected chi connectivity index (χ3v) is 5.30. The van der Waals surface area contributed by atoms with Crippen molar-refractivity contribution in [2.75, 3.05) is 11.1 Å². The van der Waals surface area contributed by atoms with E-state index in [2.05, 4.69) is 15.5 Å². The molecular formula is C19H19ClN4OS. The SMILES string of the molecule is Cc1ccc(NC(=O)CSc2nnc(-c3cccc(Cl)c3)n2C)cc1C. The number of nitrogens with one attached hydrogen (secondary N) is 1. The molecule has 2 aromatic carbocycles. The quantitative estimate of drug-likeness (QED) is 0.656. The molecule has 134 valence electrons. The molecule has 1 heterocycles. The van der Waals surface area contributed by atoms with Crippen LogP contribution in [0.25, 0.3) is 11.4 Å². The van der Waals surface area contributed by atoms with Crippen molar-refractivity contribution in [3.05, 3.63) is 58.6 Å². The summed E-state index contributed by atoms with van der Waals surface area (Å²) in [6.07, 6.45) is 0. The van der Waals surface area contributed by atoms with Crippen LogP contribution in [0.1, 0.15) is 11.1 Å². The van der Waals surface area contributed by atoms with E-state index in [1.54, 1.807) is 0 Å². The summed E-state index contributed by atoms with van der Waals surface area (Å²) >= 11 is 7.38. The van der Waals surface area contributed by atoms with Crippen molar-refractivity contribution in [2.24, 2.45) is 7.05 Å². The Balaban J connectivity index is 1.64. The van der Waals surface area contributed by atoms with Crippen LogP contribution in [0, 0.1) is 13.8 Å². The molecule has 1 amide bonds. The van der Waals surface area contributed by atoms with Crippen LogP contribution in [0.15, 0.2) is 47.6 Å². The molecule has 5 nitrogen and oxygen atoms in total. The topological polar surface area (TPSA) is 59.8 Å². The van der Waals surface area contributed by atoms with Crippen molar-refractivity contribution in [3.8, 4) is 11.4 Å². The predicted molar refractivity (Wildman–Crippen MR) is 107 cm³/mol. The molecule has 0 bridgehead atoms. The number of carbonyl (C=O) groups excluding carboxylic acids is 1. The Hall–Kier alpha value is -2.31. The summed E-state index contributed by atoms with van der Waals surface area (Å²) in [5.41, 5.74) is 4.04. The Bertz CT molecular complexity index is 954. The van der Waals surface area contributed by atoms with Crippen LogP contribution in [-0.4, -0.2) is 26.4 Å². The number of nitrogens with zero attached hydrogens (tertiary/aromatic N) is 3. The highest BCUT2D eigenvalue weighted by Gasteiger charge is 2.13. The summed E-state index contributed by atoms with van der Waals surface area (Å²) in [6.45, 7) is 4.07. The van der Waals surface area contributed by atoms with E-state index in [-0.39, 0.29) is 11.7 Å². The smallest absolute Gasteiger partial charge is 0.234 e. The zero-order valence-electron chi connectivity index (χ0n) is 14.8. The van der Waals surface area contributed by atoms with Gasteiger partial charge in [0.15, 0.2) is 11.0 Å². The highest BCUT2D eigenvalue weighted by molar-refractivity contribution is 7.99. The molecule has 0 saturated heterocycles. The normalized spacial score (nSPS) is 10.8. The number of amides is 1. The van der Waals surface area contributed by atoms with Crippen molar-refractivity contribution >= 4 is 35.0 Å². The van der Waals surface area contributed by atoms with E-state index < -0.39 is 0 Å². The van der Waals surface area contributed by atoms with Crippen molar-refractivity contribution in [1.29, 1.82) is 0 Å². The van der Waals surface area contributed by atoms with Crippen LogP contribution in [0.3, 0.4) is 0 Å². The fourth-order valence-corrected chi connectivity index (χ4v) is 3.37. The number of hydrogen-bond donors (Lipinski definition) is 1. The average molecular weight is 387 g/mol. The Morgan fingerprint density at radius 3 is 2.69 bits per heavy atom. The van der Waals surface area contributed by atoms with Crippen LogP contribution in [0.5, 0.6) is 0 Å². The molecule has 0 atom stereocenters. The molecule has 26 heavy (non-hydrogen) atoms. The fourth-order valence-electron chi connectivity index (χ4n) is 2.47. The second-order valence-corrected chi connectivity index (χ2v) is 7.39. The third kappa shape index (κ3) is 4.26. The van der Waals surface area contributed by atoms with E-state index >= 15 is 0 Å². The van der Waals surface area contributed by atoms with E-state index in [4.69, 9.17) is 11.6 Å². The van der Waals surface area contributed by atoms with E-state index in [9.17, 15) is 4.79 Å². The minimum atomic E-state index is -0.0782. The second-order valence-electron chi connectivity index (χ2n) is 6.01. The monoisotopic (exact) mass is 386 g/mol. The van der Waals surface area contributed by atoms with Gasteiger partial charge in [0.05, 0.1) is 5.75 Å². The first-order chi connectivity index (χ1) is 12.4. The number of aryl methyl sites for hydroxylation is 2. The molecule has 0 spiro atoms. The molecule has 0 unspecified atom stereocenters. The van der Waals surface area contributed by atoms with Gasteiger partial charge < -0.3 is 9.88 Å². The molecule has 3 aromatic rings. The third-order valence-electron chi connectivity index (χ3n) is 4.04. The van der Waals surface area contributed by atoms with Gasteiger partial charge >= 0.3 is 0 Å². The summed E-state index contributed by atoms with van der Waals surface area (Å²) in [5, 5.41) is 12.6. The molecule has 1 N–H and O–H groups in total. The van der Waals surface area contributed by atoms with E-state index in [1.165, 1.54) is 17.3 Å². The molecule has 7 heteroatoms. The number of carbonyl (C=O) groups is 1.